The molecule has 0 saturated carbocycles. The lowest BCUT2D eigenvalue weighted by Gasteiger charge is -2.19. The normalized spacial score (nSPS) is 11.8. The summed E-state index contributed by atoms with van der Waals surface area (Å²) in [6.45, 7) is 4.34. The number of benzene rings is 2. The van der Waals surface area contributed by atoms with Gasteiger partial charge in [-0.2, -0.15) is 0 Å². The Labute approximate surface area is 151 Å². The van der Waals surface area contributed by atoms with Crippen molar-refractivity contribution in [1.29, 1.82) is 0 Å². The first kappa shape index (κ1) is 19.0. The van der Waals surface area contributed by atoms with Gasteiger partial charge in [0.2, 0.25) is 0 Å². The van der Waals surface area contributed by atoms with E-state index in [4.69, 9.17) is 0 Å². The van der Waals surface area contributed by atoms with E-state index in [0.717, 1.165) is 42.4 Å². The summed E-state index contributed by atoms with van der Waals surface area (Å²) in [5.74, 6) is -0.397. The molecule has 2 heteroatoms. The lowest BCUT2D eigenvalue weighted by atomic mass is 9.85. The molecule has 0 fully saturated rings. The molecular weight excluding hydrogens is 308 g/mol. The summed E-state index contributed by atoms with van der Waals surface area (Å²) in [6, 6.07) is 19.8. The van der Waals surface area contributed by atoms with Gasteiger partial charge in [-0.3, -0.25) is 0 Å². The zero-order chi connectivity index (χ0) is 18.1. The monoisotopic (exact) mass is 336 g/mol. The van der Waals surface area contributed by atoms with E-state index < -0.39 is 5.97 Å². The van der Waals surface area contributed by atoms with E-state index in [0.29, 0.717) is 17.9 Å². The molecule has 2 aromatic rings. The molecule has 25 heavy (non-hydrogen) atoms. The van der Waals surface area contributed by atoms with Crippen molar-refractivity contribution in [3.8, 4) is 0 Å². The quantitative estimate of drug-likeness (QED) is 0.555. The Balaban J connectivity index is 2.53. The van der Waals surface area contributed by atoms with Gasteiger partial charge in [0.25, 0.3) is 0 Å². The summed E-state index contributed by atoms with van der Waals surface area (Å²) < 4.78 is 0. The predicted molar refractivity (Wildman–Crippen MR) is 104 cm³/mol. The van der Waals surface area contributed by atoms with E-state index in [1.165, 1.54) is 0 Å². The van der Waals surface area contributed by atoms with Crippen molar-refractivity contribution in [3.05, 3.63) is 77.4 Å². The second-order valence-electron chi connectivity index (χ2n) is 6.51. The molecule has 0 aromatic heterocycles. The zero-order valence-electron chi connectivity index (χ0n) is 15.2. The van der Waals surface area contributed by atoms with E-state index in [2.05, 4.69) is 13.8 Å². The number of carbonyl (C=O) groups is 1. The fourth-order valence-electron chi connectivity index (χ4n) is 3.25. The number of carboxylic acid groups (broad SMARTS) is 1. The average Bonchev–Trinajstić information content (AvgIpc) is 2.65. The van der Waals surface area contributed by atoms with Crippen molar-refractivity contribution in [3.63, 3.8) is 0 Å². The molecule has 2 rings (SSSR count). The maximum atomic E-state index is 12.2. The summed E-state index contributed by atoms with van der Waals surface area (Å²) >= 11 is 0. The molecule has 2 nitrogen and oxygen atoms in total. The topological polar surface area (TPSA) is 37.3 Å². The second kappa shape index (κ2) is 9.83. The van der Waals surface area contributed by atoms with Crippen LogP contribution in [0.2, 0.25) is 0 Å². The average molecular weight is 336 g/mol. The van der Waals surface area contributed by atoms with Gasteiger partial charge in [0.1, 0.15) is 0 Å². The van der Waals surface area contributed by atoms with Crippen LogP contribution in [0.25, 0.3) is 5.57 Å². The lowest BCUT2D eigenvalue weighted by molar-refractivity contribution is -0.132. The Morgan fingerprint density at radius 2 is 1.44 bits per heavy atom. The Hall–Kier alpha value is -2.35. The SMILES string of the molecule is CCCCC(CC)CC(C(=O)O)=C(c1ccccc1)c1ccccc1. The van der Waals surface area contributed by atoms with Crippen LogP contribution in [0.4, 0.5) is 0 Å². The van der Waals surface area contributed by atoms with Crippen molar-refractivity contribution in [2.75, 3.05) is 0 Å². The highest BCUT2D eigenvalue weighted by Crippen LogP contribution is 2.32. The minimum atomic E-state index is -0.808. The number of unbranched alkanes of at least 4 members (excludes halogenated alkanes) is 1. The molecule has 2 aromatic carbocycles. The number of hydrogen-bond donors (Lipinski definition) is 1. The maximum absolute atomic E-state index is 12.2. The molecule has 0 aliphatic carbocycles. The molecule has 0 radical (unpaired) electrons. The Morgan fingerprint density at radius 1 is 0.920 bits per heavy atom. The second-order valence-corrected chi connectivity index (χ2v) is 6.51. The molecule has 1 atom stereocenters. The molecule has 132 valence electrons. The summed E-state index contributed by atoms with van der Waals surface area (Å²) in [5, 5.41) is 9.98. The summed E-state index contributed by atoms with van der Waals surface area (Å²) in [4.78, 5) is 12.2. The van der Waals surface area contributed by atoms with Gasteiger partial charge in [0.05, 0.1) is 0 Å². The maximum Gasteiger partial charge on any atom is 0.332 e. The molecule has 0 bridgehead atoms. The van der Waals surface area contributed by atoms with Crippen molar-refractivity contribution in [2.45, 2.75) is 46.0 Å². The first-order valence-electron chi connectivity index (χ1n) is 9.24. The number of hydrogen-bond acceptors (Lipinski definition) is 1. The lowest BCUT2D eigenvalue weighted by Crippen LogP contribution is -2.11. The first-order valence-corrected chi connectivity index (χ1v) is 9.24. The molecule has 0 spiro atoms. The minimum absolute atomic E-state index is 0.411. The standard InChI is InChI=1S/C23H28O2/c1-3-5-12-18(4-2)17-21(23(24)25)22(19-13-8-6-9-14-19)20-15-10-7-11-16-20/h6-11,13-16,18H,3-5,12,17H2,1-2H3,(H,24,25). The highest BCUT2D eigenvalue weighted by Gasteiger charge is 2.21. The Bertz CT molecular complexity index is 645. The molecule has 0 aliphatic heterocycles. The third kappa shape index (κ3) is 5.32. The van der Waals surface area contributed by atoms with Gasteiger partial charge in [-0.1, -0.05) is 100 Å². The molecule has 0 aliphatic rings. The van der Waals surface area contributed by atoms with Gasteiger partial charge < -0.3 is 5.11 Å². The summed E-state index contributed by atoms with van der Waals surface area (Å²) in [7, 11) is 0. The molecule has 0 saturated heterocycles. The predicted octanol–water partition coefficient (Wildman–Crippen LogP) is 6.18. The minimum Gasteiger partial charge on any atom is -0.478 e. The van der Waals surface area contributed by atoms with Crippen LogP contribution in [0.3, 0.4) is 0 Å². The number of aliphatic carboxylic acids is 1. The largest absolute Gasteiger partial charge is 0.478 e. The Morgan fingerprint density at radius 3 is 1.84 bits per heavy atom. The van der Waals surface area contributed by atoms with Crippen LogP contribution in [0.1, 0.15) is 57.1 Å². The van der Waals surface area contributed by atoms with Crippen molar-refractivity contribution < 1.29 is 9.90 Å². The molecule has 0 amide bonds. The van der Waals surface area contributed by atoms with Crippen LogP contribution in [0, 0.1) is 5.92 Å². The van der Waals surface area contributed by atoms with Gasteiger partial charge in [-0.05, 0) is 29.0 Å². The van der Waals surface area contributed by atoms with E-state index in [1.54, 1.807) is 0 Å². The van der Waals surface area contributed by atoms with E-state index in [1.807, 2.05) is 60.7 Å². The van der Waals surface area contributed by atoms with Crippen LogP contribution >= 0.6 is 0 Å². The highest BCUT2D eigenvalue weighted by atomic mass is 16.4. The Kier molecular flexibility index (Phi) is 7.46. The van der Waals surface area contributed by atoms with Gasteiger partial charge >= 0.3 is 5.97 Å². The van der Waals surface area contributed by atoms with E-state index in [-0.39, 0.29) is 0 Å². The van der Waals surface area contributed by atoms with Crippen molar-refractivity contribution >= 4 is 11.5 Å². The highest BCUT2D eigenvalue weighted by molar-refractivity contribution is 6.00. The fraction of sp³-hybridized carbons (Fsp3) is 0.348. The van der Waals surface area contributed by atoms with E-state index >= 15 is 0 Å². The van der Waals surface area contributed by atoms with Crippen LogP contribution in [0.5, 0.6) is 0 Å². The number of carboxylic acids is 1. The summed E-state index contributed by atoms with van der Waals surface area (Å²) in [6.07, 6.45) is 5.00. The van der Waals surface area contributed by atoms with Crippen LogP contribution < -0.4 is 0 Å². The third-order valence-corrected chi connectivity index (χ3v) is 4.72. The van der Waals surface area contributed by atoms with Crippen LogP contribution in [-0.2, 0) is 4.79 Å². The molecule has 1 unspecified atom stereocenters. The van der Waals surface area contributed by atoms with Crippen LogP contribution in [-0.4, -0.2) is 11.1 Å². The smallest absolute Gasteiger partial charge is 0.332 e. The molecular formula is C23H28O2. The van der Waals surface area contributed by atoms with Crippen molar-refractivity contribution in [2.24, 2.45) is 5.92 Å². The third-order valence-electron chi connectivity index (χ3n) is 4.72. The zero-order valence-corrected chi connectivity index (χ0v) is 15.2. The molecule has 1 N–H and O–H groups in total. The summed E-state index contributed by atoms with van der Waals surface area (Å²) in [5.41, 5.74) is 3.32. The van der Waals surface area contributed by atoms with Gasteiger partial charge in [-0.15, -0.1) is 0 Å². The van der Waals surface area contributed by atoms with Crippen LogP contribution in [0.15, 0.2) is 66.2 Å². The van der Waals surface area contributed by atoms with Gasteiger partial charge in [0.15, 0.2) is 0 Å². The van der Waals surface area contributed by atoms with Gasteiger partial charge in [0, 0.05) is 5.57 Å². The van der Waals surface area contributed by atoms with Gasteiger partial charge in [-0.25, -0.2) is 4.79 Å². The van der Waals surface area contributed by atoms with E-state index in [9.17, 15) is 9.90 Å². The number of rotatable bonds is 9. The fourth-order valence-corrected chi connectivity index (χ4v) is 3.25. The molecule has 0 heterocycles. The van der Waals surface area contributed by atoms with Crippen molar-refractivity contribution in [1.82, 2.24) is 0 Å². The first-order chi connectivity index (χ1) is 12.2.